The Hall–Kier alpha value is -2.48. The van der Waals surface area contributed by atoms with Gasteiger partial charge in [-0.1, -0.05) is 23.7 Å². The molecule has 2 amide bonds. The standard InChI is InChI=1S/C29H38ClN5O2/c1-19-14-22(7-8-25(19)30)18-34-12-9-24(10-13-34)35-11-3-4-26(35)29(37)33-27-16-23(15-20(2)32-27)28(36)31-17-21-5-6-21/h7-8,14-16,21,24,26H,3-6,9-13,17-18H2,1-2H3,(H,31,36)(H,32,33,37). The number of hydrogen-bond donors (Lipinski definition) is 2. The van der Waals surface area contributed by atoms with Crippen LogP contribution in [-0.4, -0.2) is 64.9 Å². The first-order valence-electron chi connectivity index (χ1n) is 13.7. The van der Waals surface area contributed by atoms with Crippen molar-refractivity contribution in [2.45, 2.75) is 71.0 Å². The topological polar surface area (TPSA) is 77.6 Å². The molecule has 1 aliphatic carbocycles. The van der Waals surface area contributed by atoms with Gasteiger partial charge in [0.25, 0.3) is 5.91 Å². The summed E-state index contributed by atoms with van der Waals surface area (Å²) < 4.78 is 0. The molecule has 3 heterocycles. The molecule has 2 aliphatic heterocycles. The first-order chi connectivity index (χ1) is 17.9. The van der Waals surface area contributed by atoms with Gasteiger partial charge in [-0.2, -0.15) is 0 Å². The lowest BCUT2D eigenvalue weighted by Crippen LogP contribution is -2.50. The first-order valence-corrected chi connectivity index (χ1v) is 14.0. The van der Waals surface area contributed by atoms with Crippen LogP contribution in [-0.2, 0) is 11.3 Å². The fourth-order valence-electron chi connectivity index (χ4n) is 5.71. The van der Waals surface area contributed by atoms with Crippen LogP contribution in [0, 0.1) is 19.8 Å². The van der Waals surface area contributed by atoms with Crippen molar-refractivity contribution in [3.63, 3.8) is 0 Å². The number of pyridine rings is 1. The average molecular weight is 524 g/mol. The van der Waals surface area contributed by atoms with Crippen LogP contribution in [0.1, 0.15) is 65.7 Å². The normalized spacial score (nSPS) is 21.2. The smallest absolute Gasteiger partial charge is 0.251 e. The number of carbonyl (C=O) groups excluding carboxylic acids is 2. The Morgan fingerprint density at radius 2 is 1.81 bits per heavy atom. The molecule has 2 aromatic rings. The van der Waals surface area contributed by atoms with E-state index in [-0.39, 0.29) is 17.9 Å². The Bertz CT molecular complexity index is 1140. The highest BCUT2D eigenvalue weighted by Gasteiger charge is 2.37. The Labute approximate surface area is 225 Å². The fourth-order valence-corrected chi connectivity index (χ4v) is 5.83. The van der Waals surface area contributed by atoms with Crippen molar-refractivity contribution in [3.8, 4) is 0 Å². The predicted molar refractivity (Wildman–Crippen MR) is 147 cm³/mol. The van der Waals surface area contributed by atoms with Gasteiger partial charge < -0.3 is 10.6 Å². The molecule has 1 aromatic heterocycles. The molecular formula is C29H38ClN5O2. The molecule has 1 atom stereocenters. The van der Waals surface area contributed by atoms with Crippen molar-refractivity contribution in [1.82, 2.24) is 20.1 Å². The highest BCUT2D eigenvalue weighted by Crippen LogP contribution is 2.29. The van der Waals surface area contributed by atoms with Crippen molar-refractivity contribution in [2.24, 2.45) is 5.92 Å². The summed E-state index contributed by atoms with van der Waals surface area (Å²) in [6.07, 6.45) is 6.38. The van der Waals surface area contributed by atoms with E-state index in [1.807, 2.05) is 19.9 Å². The third-order valence-corrected chi connectivity index (χ3v) is 8.39. The minimum Gasteiger partial charge on any atom is -0.352 e. The van der Waals surface area contributed by atoms with Gasteiger partial charge in [0.2, 0.25) is 5.91 Å². The monoisotopic (exact) mass is 523 g/mol. The zero-order chi connectivity index (χ0) is 25.9. The number of benzene rings is 1. The van der Waals surface area contributed by atoms with E-state index in [1.54, 1.807) is 12.1 Å². The van der Waals surface area contributed by atoms with Gasteiger partial charge >= 0.3 is 0 Å². The zero-order valence-electron chi connectivity index (χ0n) is 21.9. The second-order valence-corrected chi connectivity index (χ2v) is 11.4. The molecule has 2 saturated heterocycles. The fraction of sp³-hybridized carbons (Fsp3) is 0.552. The number of amides is 2. The first kappa shape index (κ1) is 26.1. The summed E-state index contributed by atoms with van der Waals surface area (Å²) in [5.41, 5.74) is 3.69. The van der Waals surface area contributed by atoms with Gasteiger partial charge in [-0.05, 0) is 107 Å². The van der Waals surface area contributed by atoms with Gasteiger partial charge in [0.05, 0.1) is 6.04 Å². The van der Waals surface area contributed by atoms with Gasteiger partial charge in [0.1, 0.15) is 5.82 Å². The van der Waals surface area contributed by atoms with Crippen LogP contribution in [0.5, 0.6) is 0 Å². The Balaban J connectivity index is 1.16. The van der Waals surface area contributed by atoms with E-state index in [4.69, 9.17) is 11.6 Å². The summed E-state index contributed by atoms with van der Waals surface area (Å²) in [5.74, 6) is 0.962. The number of rotatable bonds is 8. The average Bonchev–Trinajstić information content (AvgIpc) is 3.58. The third-order valence-electron chi connectivity index (χ3n) is 7.97. The van der Waals surface area contributed by atoms with Crippen molar-refractivity contribution in [3.05, 3.63) is 57.7 Å². The third kappa shape index (κ3) is 6.70. The maximum absolute atomic E-state index is 13.3. The van der Waals surface area contributed by atoms with E-state index in [9.17, 15) is 9.59 Å². The molecule has 3 fully saturated rings. The second kappa shape index (κ2) is 11.5. The largest absolute Gasteiger partial charge is 0.352 e. The summed E-state index contributed by atoms with van der Waals surface area (Å²) in [7, 11) is 0. The van der Waals surface area contributed by atoms with Crippen LogP contribution in [0.2, 0.25) is 5.02 Å². The van der Waals surface area contributed by atoms with Gasteiger partial charge in [-0.3, -0.25) is 19.4 Å². The quantitative estimate of drug-likeness (QED) is 0.530. The minimum absolute atomic E-state index is 0.0148. The molecule has 37 heavy (non-hydrogen) atoms. The maximum Gasteiger partial charge on any atom is 0.251 e. The van der Waals surface area contributed by atoms with Crippen molar-refractivity contribution in [2.75, 3.05) is 31.5 Å². The Morgan fingerprint density at radius 3 is 2.54 bits per heavy atom. The van der Waals surface area contributed by atoms with E-state index in [0.717, 1.165) is 74.7 Å². The molecule has 0 bridgehead atoms. The Morgan fingerprint density at radius 1 is 1.03 bits per heavy atom. The number of likely N-dealkylation sites (tertiary alicyclic amines) is 2. The summed E-state index contributed by atoms with van der Waals surface area (Å²) in [4.78, 5) is 35.3. The molecule has 3 aliphatic rings. The number of carbonyl (C=O) groups is 2. The van der Waals surface area contributed by atoms with Gasteiger partial charge in [0, 0.05) is 35.4 Å². The van der Waals surface area contributed by atoms with Crippen LogP contribution in [0.15, 0.2) is 30.3 Å². The molecule has 0 spiro atoms. The van der Waals surface area contributed by atoms with E-state index >= 15 is 0 Å². The van der Waals surface area contributed by atoms with Gasteiger partial charge in [0.15, 0.2) is 0 Å². The lowest BCUT2D eigenvalue weighted by molar-refractivity contribution is -0.121. The van der Waals surface area contributed by atoms with Crippen molar-refractivity contribution >= 4 is 29.2 Å². The molecule has 8 heteroatoms. The van der Waals surface area contributed by atoms with E-state index in [2.05, 4.69) is 37.6 Å². The second-order valence-electron chi connectivity index (χ2n) is 11.0. The number of hydrogen-bond acceptors (Lipinski definition) is 5. The SMILES string of the molecule is Cc1cc(C(=O)NCC2CC2)cc(NC(=O)C2CCCN2C2CCN(Cc3ccc(Cl)c(C)c3)CC2)n1. The lowest BCUT2D eigenvalue weighted by Gasteiger charge is -2.39. The van der Waals surface area contributed by atoms with Crippen molar-refractivity contribution < 1.29 is 9.59 Å². The molecule has 1 aromatic carbocycles. The maximum atomic E-state index is 13.3. The number of aromatic nitrogens is 1. The molecule has 5 rings (SSSR count). The molecule has 2 N–H and O–H groups in total. The van der Waals surface area contributed by atoms with Crippen LogP contribution in [0.3, 0.4) is 0 Å². The molecular weight excluding hydrogens is 486 g/mol. The number of nitrogens with one attached hydrogen (secondary N) is 2. The number of halogens is 1. The summed E-state index contributed by atoms with van der Waals surface area (Å²) in [6.45, 7) is 8.56. The van der Waals surface area contributed by atoms with E-state index < -0.39 is 0 Å². The van der Waals surface area contributed by atoms with Crippen LogP contribution >= 0.6 is 11.6 Å². The van der Waals surface area contributed by atoms with Gasteiger partial charge in [-0.15, -0.1) is 0 Å². The predicted octanol–water partition coefficient (Wildman–Crippen LogP) is 4.56. The number of nitrogens with zero attached hydrogens (tertiary/aromatic N) is 3. The summed E-state index contributed by atoms with van der Waals surface area (Å²) in [5, 5.41) is 6.84. The van der Waals surface area contributed by atoms with E-state index in [1.165, 1.54) is 18.4 Å². The van der Waals surface area contributed by atoms with Gasteiger partial charge in [-0.25, -0.2) is 4.98 Å². The Kier molecular flexibility index (Phi) is 8.12. The van der Waals surface area contributed by atoms with Crippen LogP contribution < -0.4 is 10.6 Å². The number of anilines is 1. The van der Waals surface area contributed by atoms with E-state index in [0.29, 0.717) is 23.3 Å². The molecule has 1 saturated carbocycles. The summed E-state index contributed by atoms with van der Waals surface area (Å²) in [6, 6.07) is 10.0. The highest BCUT2D eigenvalue weighted by atomic mass is 35.5. The molecule has 1 unspecified atom stereocenters. The lowest BCUT2D eigenvalue weighted by atomic mass is 10.0. The molecule has 7 nitrogen and oxygen atoms in total. The van der Waals surface area contributed by atoms with Crippen molar-refractivity contribution in [1.29, 1.82) is 0 Å². The molecule has 198 valence electrons. The van der Waals surface area contributed by atoms with Crippen LogP contribution in [0.4, 0.5) is 5.82 Å². The van der Waals surface area contributed by atoms with Crippen LogP contribution in [0.25, 0.3) is 0 Å². The number of piperidine rings is 1. The number of aryl methyl sites for hydroxylation is 2. The highest BCUT2D eigenvalue weighted by molar-refractivity contribution is 6.31. The zero-order valence-corrected chi connectivity index (χ0v) is 22.7. The summed E-state index contributed by atoms with van der Waals surface area (Å²) >= 11 is 6.19. The minimum atomic E-state index is -0.148. The molecule has 0 radical (unpaired) electrons.